The third-order valence-electron chi connectivity index (χ3n) is 2.96. The second-order valence-corrected chi connectivity index (χ2v) is 4.50. The highest BCUT2D eigenvalue weighted by Crippen LogP contribution is 2.25. The lowest BCUT2D eigenvalue weighted by Crippen LogP contribution is -2.37. The molecule has 120 valence electrons. The minimum atomic E-state index is -1.28. The van der Waals surface area contributed by atoms with Crippen LogP contribution in [-0.2, 0) is 4.79 Å². The summed E-state index contributed by atoms with van der Waals surface area (Å²) in [5.74, 6) is -2.81. The molecule has 0 saturated heterocycles. The standard InChI is InChI=1S/C15H14N2O6/c1-2-7-23-17-10-6-4-3-5-9(10)13(20)12(15(17)22)14(21)16-8-11(18)19/h2-6,20H,1,7-8H2,(H,16,21)(H,18,19). The van der Waals surface area contributed by atoms with Crippen molar-refractivity contribution in [3.05, 3.63) is 52.8 Å². The Bertz CT molecular complexity index is 840. The number of carbonyl (C=O) groups excluding carboxylic acids is 1. The Morgan fingerprint density at radius 1 is 1.35 bits per heavy atom. The van der Waals surface area contributed by atoms with E-state index in [-0.39, 0.29) is 17.5 Å². The third kappa shape index (κ3) is 3.15. The average molecular weight is 318 g/mol. The van der Waals surface area contributed by atoms with Gasteiger partial charge < -0.3 is 20.4 Å². The molecular formula is C15H14N2O6. The summed E-state index contributed by atoms with van der Waals surface area (Å²) in [6.45, 7) is 2.80. The van der Waals surface area contributed by atoms with Gasteiger partial charge in [0.2, 0.25) is 0 Å². The van der Waals surface area contributed by atoms with E-state index in [1.165, 1.54) is 12.1 Å². The number of carboxylic acids is 1. The maximum absolute atomic E-state index is 12.4. The molecule has 0 bridgehead atoms. The van der Waals surface area contributed by atoms with Crippen molar-refractivity contribution in [3.63, 3.8) is 0 Å². The molecule has 0 aliphatic carbocycles. The average Bonchev–Trinajstić information content (AvgIpc) is 2.53. The molecule has 0 fully saturated rings. The summed E-state index contributed by atoms with van der Waals surface area (Å²) in [7, 11) is 0. The highest BCUT2D eigenvalue weighted by molar-refractivity contribution is 6.02. The van der Waals surface area contributed by atoms with Crippen molar-refractivity contribution in [2.24, 2.45) is 0 Å². The Labute approximate surface area is 130 Å². The molecule has 2 rings (SSSR count). The quantitative estimate of drug-likeness (QED) is 0.652. The number of aromatic hydroxyl groups is 1. The van der Waals surface area contributed by atoms with Crippen molar-refractivity contribution in [2.75, 3.05) is 13.2 Å². The summed E-state index contributed by atoms with van der Waals surface area (Å²) in [6.07, 6.45) is 1.41. The topological polar surface area (TPSA) is 118 Å². The lowest BCUT2D eigenvalue weighted by Gasteiger charge is -2.14. The number of carbonyl (C=O) groups is 2. The lowest BCUT2D eigenvalue weighted by atomic mass is 10.1. The van der Waals surface area contributed by atoms with Crippen LogP contribution < -0.4 is 15.7 Å². The van der Waals surface area contributed by atoms with Crippen LogP contribution in [0.5, 0.6) is 5.75 Å². The molecule has 2 aromatic rings. The van der Waals surface area contributed by atoms with Crippen LogP contribution >= 0.6 is 0 Å². The number of aromatic nitrogens is 1. The molecule has 0 atom stereocenters. The van der Waals surface area contributed by atoms with Crippen LogP contribution in [0.4, 0.5) is 0 Å². The predicted molar refractivity (Wildman–Crippen MR) is 81.5 cm³/mol. The van der Waals surface area contributed by atoms with E-state index in [0.29, 0.717) is 0 Å². The number of para-hydroxylation sites is 1. The number of rotatable bonds is 6. The van der Waals surface area contributed by atoms with Gasteiger partial charge in [0.25, 0.3) is 11.5 Å². The maximum Gasteiger partial charge on any atom is 0.322 e. The molecular weight excluding hydrogens is 304 g/mol. The van der Waals surface area contributed by atoms with E-state index in [2.05, 4.69) is 6.58 Å². The molecule has 8 heteroatoms. The zero-order valence-corrected chi connectivity index (χ0v) is 12.0. The van der Waals surface area contributed by atoms with Crippen LogP contribution in [0.1, 0.15) is 10.4 Å². The minimum absolute atomic E-state index is 0.00482. The second-order valence-electron chi connectivity index (χ2n) is 4.50. The first kappa shape index (κ1) is 16.1. The summed E-state index contributed by atoms with van der Waals surface area (Å²) in [4.78, 5) is 40.2. The van der Waals surface area contributed by atoms with Crippen LogP contribution in [0.15, 0.2) is 41.7 Å². The number of benzene rings is 1. The largest absolute Gasteiger partial charge is 0.506 e. The zero-order valence-electron chi connectivity index (χ0n) is 12.0. The second kappa shape index (κ2) is 6.65. The molecule has 23 heavy (non-hydrogen) atoms. The van der Waals surface area contributed by atoms with Gasteiger partial charge >= 0.3 is 5.97 Å². The van der Waals surface area contributed by atoms with Crippen molar-refractivity contribution in [1.82, 2.24) is 10.0 Å². The van der Waals surface area contributed by atoms with Gasteiger partial charge in [-0.1, -0.05) is 24.8 Å². The number of carboxylic acid groups (broad SMARTS) is 1. The molecule has 0 radical (unpaired) electrons. The maximum atomic E-state index is 12.4. The highest BCUT2D eigenvalue weighted by atomic mass is 16.7. The fourth-order valence-corrected chi connectivity index (χ4v) is 2.00. The Hall–Kier alpha value is -3.29. The molecule has 0 aliphatic heterocycles. The first-order valence-electron chi connectivity index (χ1n) is 6.58. The SMILES string of the molecule is C=CCOn1c(=O)c(C(=O)NCC(=O)O)c(O)c2ccccc21. The summed E-state index contributed by atoms with van der Waals surface area (Å²) < 4.78 is 0.867. The van der Waals surface area contributed by atoms with Gasteiger partial charge in [0.05, 0.1) is 5.52 Å². The van der Waals surface area contributed by atoms with E-state index >= 15 is 0 Å². The number of pyridine rings is 1. The number of aliphatic carboxylic acids is 1. The molecule has 0 saturated carbocycles. The minimum Gasteiger partial charge on any atom is -0.506 e. The molecule has 8 nitrogen and oxygen atoms in total. The highest BCUT2D eigenvalue weighted by Gasteiger charge is 2.23. The molecule has 3 N–H and O–H groups in total. The van der Waals surface area contributed by atoms with Crippen LogP contribution in [0.25, 0.3) is 10.9 Å². The van der Waals surface area contributed by atoms with E-state index in [0.717, 1.165) is 4.73 Å². The third-order valence-corrected chi connectivity index (χ3v) is 2.96. The molecule has 1 heterocycles. The first-order valence-corrected chi connectivity index (χ1v) is 6.58. The number of nitrogens with zero attached hydrogens (tertiary/aromatic N) is 1. The summed E-state index contributed by atoms with van der Waals surface area (Å²) in [5.41, 5.74) is -1.22. The fraction of sp³-hybridized carbons (Fsp3) is 0.133. The number of amides is 1. The van der Waals surface area contributed by atoms with Gasteiger partial charge in [0.15, 0.2) is 5.56 Å². The predicted octanol–water partition coefficient (Wildman–Crippen LogP) is 0.136. The zero-order chi connectivity index (χ0) is 17.0. The molecule has 1 amide bonds. The molecule has 1 aromatic heterocycles. The molecule has 0 unspecified atom stereocenters. The Morgan fingerprint density at radius 3 is 2.70 bits per heavy atom. The Morgan fingerprint density at radius 2 is 2.04 bits per heavy atom. The van der Waals surface area contributed by atoms with Crippen molar-refractivity contribution >= 4 is 22.8 Å². The van der Waals surface area contributed by atoms with Gasteiger partial charge in [0.1, 0.15) is 18.9 Å². The van der Waals surface area contributed by atoms with Crippen molar-refractivity contribution in [1.29, 1.82) is 0 Å². The normalized spacial score (nSPS) is 10.3. The monoisotopic (exact) mass is 318 g/mol. The lowest BCUT2D eigenvalue weighted by molar-refractivity contribution is -0.135. The van der Waals surface area contributed by atoms with E-state index in [1.807, 2.05) is 5.32 Å². The van der Waals surface area contributed by atoms with Crippen LogP contribution in [-0.4, -0.2) is 40.0 Å². The van der Waals surface area contributed by atoms with E-state index in [4.69, 9.17) is 9.94 Å². The van der Waals surface area contributed by atoms with Crippen molar-refractivity contribution in [3.8, 4) is 5.75 Å². The van der Waals surface area contributed by atoms with Gasteiger partial charge in [0, 0.05) is 5.39 Å². The van der Waals surface area contributed by atoms with Crippen LogP contribution in [0.3, 0.4) is 0 Å². The summed E-state index contributed by atoms with van der Waals surface area (Å²) >= 11 is 0. The fourth-order valence-electron chi connectivity index (χ4n) is 2.00. The molecule has 1 aromatic carbocycles. The first-order chi connectivity index (χ1) is 11.0. The van der Waals surface area contributed by atoms with E-state index in [1.54, 1.807) is 18.2 Å². The molecule has 0 aliphatic rings. The van der Waals surface area contributed by atoms with E-state index < -0.39 is 35.3 Å². The summed E-state index contributed by atoms with van der Waals surface area (Å²) in [5, 5.41) is 21.1. The van der Waals surface area contributed by atoms with Crippen LogP contribution in [0, 0.1) is 0 Å². The van der Waals surface area contributed by atoms with Gasteiger partial charge in [-0.05, 0) is 12.1 Å². The van der Waals surface area contributed by atoms with Crippen molar-refractivity contribution in [2.45, 2.75) is 0 Å². The van der Waals surface area contributed by atoms with Gasteiger partial charge in [-0.25, -0.2) is 0 Å². The van der Waals surface area contributed by atoms with E-state index in [9.17, 15) is 19.5 Å². The Balaban J connectivity index is 2.64. The number of hydrogen-bond donors (Lipinski definition) is 3. The van der Waals surface area contributed by atoms with Crippen LogP contribution in [0.2, 0.25) is 0 Å². The summed E-state index contributed by atoms with van der Waals surface area (Å²) in [6, 6.07) is 6.30. The number of hydrogen-bond acceptors (Lipinski definition) is 5. The number of nitrogens with one attached hydrogen (secondary N) is 1. The Kier molecular flexibility index (Phi) is 4.65. The van der Waals surface area contributed by atoms with Gasteiger partial charge in [-0.15, -0.1) is 4.73 Å². The number of fused-ring (bicyclic) bond motifs is 1. The smallest absolute Gasteiger partial charge is 0.322 e. The van der Waals surface area contributed by atoms with Gasteiger partial charge in [-0.2, -0.15) is 0 Å². The van der Waals surface area contributed by atoms with Crippen molar-refractivity contribution < 1.29 is 24.6 Å². The molecule has 0 spiro atoms. The van der Waals surface area contributed by atoms with Gasteiger partial charge in [-0.3, -0.25) is 14.4 Å².